The average molecular weight is 411 g/mol. The van der Waals surface area contributed by atoms with Gasteiger partial charge in [0.2, 0.25) is 0 Å². The monoisotopic (exact) mass is 411 g/mol. The number of carbonyl (C=O) groups is 3. The molecule has 1 amide bonds. The van der Waals surface area contributed by atoms with Gasteiger partial charge in [-0.05, 0) is 43.0 Å². The summed E-state index contributed by atoms with van der Waals surface area (Å²) in [6.45, 7) is 5.07. The van der Waals surface area contributed by atoms with Gasteiger partial charge >= 0.3 is 18.0 Å². The molecule has 0 aromatic heterocycles. The molecule has 0 saturated carbocycles. The highest BCUT2D eigenvalue weighted by Crippen LogP contribution is 2.44. The smallest absolute Gasteiger partial charge is 0.408 e. The molecular weight excluding hydrogens is 386 g/mol. The summed E-state index contributed by atoms with van der Waals surface area (Å²) < 4.78 is 10.5. The fraction of sp³-hybridized carbons (Fsp3) is 0.348. The van der Waals surface area contributed by atoms with Crippen molar-refractivity contribution in [3.05, 3.63) is 59.7 Å². The number of carboxylic acid groups (broad SMARTS) is 1. The fourth-order valence-electron chi connectivity index (χ4n) is 3.49. The standard InChI is InChI=1S/C23H25NO6/c1-23(2,3)30-22(28)24-19(21(26)27)12-20(25)29-13-18-16-10-6-4-8-14(16)15-9-5-7-11-17(15)18/h4-11,18-19H,12-13H2,1-3H3,(H,24,28)(H,26,27)/t19-/m1/s1. The quantitative estimate of drug-likeness (QED) is 0.703. The molecule has 7 nitrogen and oxygen atoms in total. The van der Waals surface area contributed by atoms with Crippen molar-refractivity contribution < 1.29 is 29.0 Å². The van der Waals surface area contributed by atoms with Gasteiger partial charge in [0.25, 0.3) is 0 Å². The van der Waals surface area contributed by atoms with Crippen LogP contribution in [0.3, 0.4) is 0 Å². The zero-order valence-corrected chi connectivity index (χ0v) is 17.2. The van der Waals surface area contributed by atoms with Gasteiger partial charge in [-0.3, -0.25) is 4.79 Å². The summed E-state index contributed by atoms with van der Waals surface area (Å²) in [6.07, 6.45) is -1.40. The zero-order valence-electron chi connectivity index (χ0n) is 17.2. The number of ether oxygens (including phenoxy) is 2. The van der Waals surface area contributed by atoms with E-state index in [0.29, 0.717) is 0 Å². The topological polar surface area (TPSA) is 102 Å². The molecule has 2 N–H and O–H groups in total. The van der Waals surface area contributed by atoms with Crippen molar-refractivity contribution in [1.29, 1.82) is 0 Å². The van der Waals surface area contributed by atoms with Crippen LogP contribution in [0.5, 0.6) is 0 Å². The van der Waals surface area contributed by atoms with Crippen molar-refractivity contribution in [1.82, 2.24) is 5.32 Å². The highest BCUT2D eigenvalue weighted by Gasteiger charge is 2.31. The number of alkyl carbamates (subject to hydrolysis) is 1. The summed E-state index contributed by atoms with van der Waals surface area (Å²) >= 11 is 0. The van der Waals surface area contributed by atoms with Crippen molar-refractivity contribution in [3.8, 4) is 11.1 Å². The maximum atomic E-state index is 12.3. The Morgan fingerprint density at radius 3 is 2.03 bits per heavy atom. The number of hydrogen-bond acceptors (Lipinski definition) is 5. The molecule has 1 aliphatic carbocycles. The molecule has 0 saturated heterocycles. The predicted octanol–water partition coefficient (Wildman–Crippen LogP) is 3.71. The van der Waals surface area contributed by atoms with Gasteiger partial charge in [-0.15, -0.1) is 0 Å². The second-order valence-electron chi connectivity index (χ2n) is 8.15. The largest absolute Gasteiger partial charge is 0.480 e. The minimum absolute atomic E-state index is 0.0889. The number of carbonyl (C=O) groups excluding carboxylic acids is 2. The molecule has 2 aromatic carbocycles. The molecule has 7 heteroatoms. The second kappa shape index (κ2) is 8.57. The van der Waals surface area contributed by atoms with Crippen LogP contribution in [0, 0.1) is 0 Å². The van der Waals surface area contributed by atoms with E-state index in [-0.39, 0.29) is 12.5 Å². The fourth-order valence-corrected chi connectivity index (χ4v) is 3.49. The molecule has 30 heavy (non-hydrogen) atoms. The minimum Gasteiger partial charge on any atom is -0.480 e. The van der Waals surface area contributed by atoms with Crippen LogP contribution in [0.25, 0.3) is 11.1 Å². The van der Waals surface area contributed by atoms with Gasteiger partial charge in [-0.1, -0.05) is 48.5 Å². The van der Waals surface area contributed by atoms with Crippen LogP contribution in [-0.2, 0) is 19.1 Å². The first kappa shape index (κ1) is 21.4. The van der Waals surface area contributed by atoms with Crippen LogP contribution in [-0.4, -0.2) is 41.4 Å². The number of hydrogen-bond donors (Lipinski definition) is 2. The molecule has 3 rings (SSSR count). The average Bonchev–Trinajstić information content (AvgIpc) is 2.98. The minimum atomic E-state index is -1.43. The number of fused-ring (bicyclic) bond motifs is 3. The number of amides is 1. The number of esters is 1. The van der Waals surface area contributed by atoms with Crippen LogP contribution < -0.4 is 5.32 Å². The first-order valence-corrected chi connectivity index (χ1v) is 9.72. The van der Waals surface area contributed by atoms with Crippen LogP contribution in [0.15, 0.2) is 48.5 Å². The van der Waals surface area contributed by atoms with Crippen LogP contribution in [0.2, 0.25) is 0 Å². The Morgan fingerprint density at radius 2 is 1.53 bits per heavy atom. The van der Waals surface area contributed by atoms with E-state index >= 15 is 0 Å². The van der Waals surface area contributed by atoms with Gasteiger partial charge < -0.3 is 19.9 Å². The van der Waals surface area contributed by atoms with Gasteiger partial charge in [0.1, 0.15) is 18.2 Å². The molecule has 1 aliphatic rings. The van der Waals surface area contributed by atoms with E-state index in [4.69, 9.17) is 9.47 Å². The normalized spacial score (nSPS) is 13.7. The Labute approximate surface area is 175 Å². The lowest BCUT2D eigenvalue weighted by Crippen LogP contribution is -2.44. The molecule has 0 radical (unpaired) electrons. The van der Waals surface area contributed by atoms with Gasteiger partial charge in [0, 0.05) is 5.92 Å². The predicted molar refractivity (Wildman–Crippen MR) is 110 cm³/mol. The summed E-state index contributed by atoms with van der Waals surface area (Å²) in [5.41, 5.74) is 3.55. The summed E-state index contributed by atoms with van der Waals surface area (Å²) in [5.74, 6) is -2.17. The summed E-state index contributed by atoms with van der Waals surface area (Å²) in [4.78, 5) is 35.6. The third-order valence-electron chi connectivity index (χ3n) is 4.73. The van der Waals surface area contributed by atoms with E-state index in [0.717, 1.165) is 22.3 Å². The highest BCUT2D eigenvalue weighted by molar-refractivity contribution is 5.85. The Kier molecular flexibility index (Phi) is 6.10. The maximum Gasteiger partial charge on any atom is 0.408 e. The molecule has 2 aromatic rings. The lowest BCUT2D eigenvalue weighted by Gasteiger charge is -2.22. The molecule has 0 aliphatic heterocycles. The van der Waals surface area contributed by atoms with E-state index in [1.807, 2.05) is 48.5 Å². The van der Waals surface area contributed by atoms with Gasteiger partial charge in [0.15, 0.2) is 0 Å². The van der Waals surface area contributed by atoms with Gasteiger partial charge in [-0.2, -0.15) is 0 Å². The zero-order chi connectivity index (χ0) is 21.9. The second-order valence-corrected chi connectivity index (χ2v) is 8.15. The summed E-state index contributed by atoms with van der Waals surface area (Å²) in [6, 6.07) is 14.4. The number of carboxylic acids is 1. The molecule has 0 heterocycles. The molecule has 0 fully saturated rings. The van der Waals surface area contributed by atoms with E-state index in [1.165, 1.54) is 0 Å². The number of rotatable bonds is 6. The van der Waals surface area contributed by atoms with E-state index in [1.54, 1.807) is 20.8 Å². The molecular formula is C23H25NO6. The van der Waals surface area contributed by atoms with Crippen LogP contribution >= 0.6 is 0 Å². The van der Waals surface area contributed by atoms with Crippen molar-refractivity contribution in [2.45, 2.75) is 44.8 Å². The molecule has 0 bridgehead atoms. The van der Waals surface area contributed by atoms with E-state index < -0.39 is 36.1 Å². The van der Waals surface area contributed by atoms with Crippen molar-refractivity contribution >= 4 is 18.0 Å². The lowest BCUT2D eigenvalue weighted by atomic mass is 9.98. The van der Waals surface area contributed by atoms with E-state index in [2.05, 4.69) is 5.32 Å². The molecule has 1 atom stereocenters. The summed E-state index contributed by atoms with van der Waals surface area (Å²) in [5, 5.41) is 11.5. The first-order valence-electron chi connectivity index (χ1n) is 9.72. The van der Waals surface area contributed by atoms with Crippen molar-refractivity contribution in [3.63, 3.8) is 0 Å². The SMILES string of the molecule is CC(C)(C)OC(=O)N[C@H](CC(=O)OCC1c2ccccc2-c2ccccc21)C(=O)O. The maximum absolute atomic E-state index is 12.3. The van der Waals surface area contributed by atoms with Crippen LogP contribution in [0.1, 0.15) is 44.2 Å². The molecule has 0 unspecified atom stereocenters. The summed E-state index contributed by atoms with van der Waals surface area (Å²) in [7, 11) is 0. The lowest BCUT2D eigenvalue weighted by molar-refractivity contribution is -0.149. The van der Waals surface area contributed by atoms with Crippen molar-refractivity contribution in [2.75, 3.05) is 6.61 Å². The van der Waals surface area contributed by atoms with Gasteiger partial charge in [0.05, 0.1) is 6.42 Å². The molecule has 158 valence electrons. The van der Waals surface area contributed by atoms with E-state index in [9.17, 15) is 19.5 Å². The Bertz CT molecular complexity index is 917. The Hall–Kier alpha value is -3.35. The highest BCUT2D eigenvalue weighted by atomic mass is 16.6. The van der Waals surface area contributed by atoms with Crippen molar-refractivity contribution in [2.24, 2.45) is 0 Å². The number of benzene rings is 2. The van der Waals surface area contributed by atoms with Crippen LogP contribution in [0.4, 0.5) is 4.79 Å². The molecule has 0 spiro atoms. The Morgan fingerprint density at radius 1 is 1.00 bits per heavy atom. The third-order valence-corrected chi connectivity index (χ3v) is 4.73. The number of nitrogens with one attached hydrogen (secondary N) is 1. The third kappa shape index (κ3) is 4.97. The van der Waals surface area contributed by atoms with Gasteiger partial charge in [-0.25, -0.2) is 9.59 Å². The first-order chi connectivity index (χ1) is 14.2. The Balaban J connectivity index is 1.64. The number of aliphatic carboxylic acids is 1.